The van der Waals surface area contributed by atoms with Crippen molar-refractivity contribution in [3.63, 3.8) is 0 Å². The molecule has 0 saturated carbocycles. The number of esters is 1. The van der Waals surface area contributed by atoms with Crippen LogP contribution < -0.4 is 0 Å². The summed E-state index contributed by atoms with van der Waals surface area (Å²) >= 11 is 0. The van der Waals surface area contributed by atoms with Gasteiger partial charge in [0.1, 0.15) is 0 Å². The number of methoxy groups -OCH3 is 1. The molecule has 0 aliphatic carbocycles. The minimum atomic E-state index is -0.121. The summed E-state index contributed by atoms with van der Waals surface area (Å²) in [4.78, 5) is 10.9. The Bertz CT molecular complexity index is 216. The van der Waals surface area contributed by atoms with Crippen molar-refractivity contribution in [2.75, 3.05) is 7.11 Å². The summed E-state index contributed by atoms with van der Waals surface area (Å²) in [5.41, 5.74) is 0. The van der Waals surface area contributed by atoms with Gasteiger partial charge in [-0.05, 0) is 31.6 Å². The second-order valence-corrected chi connectivity index (χ2v) is 5.65. The van der Waals surface area contributed by atoms with Gasteiger partial charge in [-0.15, -0.1) is 0 Å². The zero-order chi connectivity index (χ0) is 14.5. The number of carbonyl (C=O) groups excluding carboxylic acids is 1. The second kappa shape index (κ2) is 12.5. The maximum absolute atomic E-state index is 10.9. The monoisotopic (exact) mass is 272 g/mol. The summed E-state index contributed by atoms with van der Waals surface area (Å²) < 4.78 is 4.61. The summed E-state index contributed by atoms with van der Waals surface area (Å²) in [6.07, 6.45) is 10.1. The lowest BCUT2D eigenvalue weighted by molar-refractivity contribution is -0.140. The first-order chi connectivity index (χ1) is 9.10. The fourth-order valence-corrected chi connectivity index (χ4v) is 2.26. The van der Waals surface area contributed by atoms with E-state index in [9.17, 15) is 9.90 Å². The molecule has 3 nitrogen and oxygen atoms in total. The van der Waals surface area contributed by atoms with Crippen molar-refractivity contribution in [2.24, 2.45) is 5.92 Å². The predicted molar refractivity (Wildman–Crippen MR) is 79.0 cm³/mol. The minimum absolute atomic E-state index is 0.112. The first-order valence-corrected chi connectivity index (χ1v) is 7.85. The first-order valence-electron chi connectivity index (χ1n) is 7.85. The van der Waals surface area contributed by atoms with Crippen molar-refractivity contribution in [3.05, 3.63) is 0 Å². The lowest BCUT2D eigenvalue weighted by Crippen LogP contribution is -2.09. The third-order valence-electron chi connectivity index (χ3n) is 3.69. The van der Waals surface area contributed by atoms with E-state index in [2.05, 4.69) is 18.6 Å². The number of aliphatic hydroxyl groups excluding tert-OH is 1. The fraction of sp³-hybridized carbons (Fsp3) is 0.938. The lowest BCUT2D eigenvalue weighted by Gasteiger charge is -2.14. The average Bonchev–Trinajstić information content (AvgIpc) is 2.41. The van der Waals surface area contributed by atoms with E-state index in [0.717, 1.165) is 44.9 Å². The topological polar surface area (TPSA) is 46.5 Å². The minimum Gasteiger partial charge on any atom is -0.469 e. The summed E-state index contributed by atoms with van der Waals surface area (Å²) in [5.74, 6) is 0.525. The Morgan fingerprint density at radius 1 is 1.05 bits per heavy atom. The molecule has 1 N–H and O–H groups in total. The molecule has 0 heterocycles. The highest BCUT2D eigenvalue weighted by Gasteiger charge is 2.08. The van der Waals surface area contributed by atoms with Crippen molar-refractivity contribution >= 4 is 5.97 Å². The van der Waals surface area contributed by atoms with Gasteiger partial charge in [0.05, 0.1) is 13.2 Å². The van der Waals surface area contributed by atoms with Gasteiger partial charge >= 0.3 is 5.97 Å². The molecular weight excluding hydrogens is 240 g/mol. The summed E-state index contributed by atoms with van der Waals surface area (Å²) in [6.45, 7) is 4.42. The van der Waals surface area contributed by atoms with E-state index in [0.29, 0.717) is 12.3 Å². The van der Waals surface area contributed by atoms with E-state index in [1.54, 1.807) is 0 Å². The van der Waals surface area contributed by atoms with Crippen LogP contribution in [0.3, 0.4) is 0 Å². The molecule has 0 bridgehead atoms. The molecule has 0 spiro atoms. The van der Waals surface area contributed by atoms with E-state index in [4.69, 9.17) is 0 Å². The van der Waals surface area contributed by atoms with Crippen LogP contribution in [0, 0.1) is 5.92 Å². The van der Waals surface area contributed by atoms with Gasteiger partial charge in [0.25, 0.3) is 0 Å². The third-order valence-corrected chi connectivity index (χ3v) is 3.69. The molecule has 0 aromatic heterocycles. The summed E-state index contributed by atoms with van der Waals surface area (Å²) in [6, 6.07) is 0. The molecule has 0 aliphatic heterocycles. The number of ether oxygens (including phenoxy) is 1. The molecule has 2 unspecified atom stereocenters. The van der Waals surface area contributed by atoms with Crippen LogP contribution in [0.4, 0.5) is 0 Å². The van der Waals surface area contributed by atoms with E-state index >= 15 is 0 Å². The van der Waals surface area contributed by atoms with Crippen molar-refractivity contribution in [3.8, 4) is 0 Å². The highest BCUT2D eigenvalue weighted by molar-refractivity contribution is 5.68. The Morgan fingerprint density at radius 2 is 1.74 bits per heavy atom. The molecular formula is C16H32O3. The van der Waals surface area contributed by atoms with Crippen LogP contribution in [-0.2, 0) is 9.53 Å². The van der Waals surface area contributed by atoms with Crippen molar-refractivity contribution in [1.82, 2.24) is 0 Å². The Labute approximate surface area is 118 Å². The molecule has 0 saturated heterocycles. The molecule has 0 aliphatic rings. The number of unbranched alkanes of at least 4 members (excludes halogenated alkanes) is 3. The van der Waals surface area contributed by atoms with Gasteiger partial charge in [-0.1, -0.05) is 46.0 Å². The fourth-order valence-electron chi connectivity index (χ4n) is 2.26. The molecule has 0 radical (unpaired) electrons. The van der Waals surface area contributed by atoms with Gasteiger partial charge in [-0.2, -0.15) is 0 Å². The van der Waals surface area contributed by atoms with Gasteiger partial charge in [-0.25, -0.2) is 0 Å². The molecule has 0 fully saturated rings. The van der Waals surface area contributed by atoms with Gasteiger partial charge in [-0.3, -0.25) is 4.79 Å². The molecule has 19 heavy (non-hydrogen) atoms. The van der Waals surface area contributed by atoms with Crippen LogP contribution in [0.15, 0.2) is 0 Å². The second-order valence-electron chi connectivity index (χ2n) is 5.65. The van der Waals surface area contributed by atoms with Crippen molar-refractivity contribution in [1.29, 1.82) is 0 Å². The summed E-state index contributed by atoms with van der Waals surface area (Å²) in [5, 5.41) is 9.84. The van der Waals surface area contributed by atoms with E-state index < -0.39 is 0 Å². The molecule has 114 valence electrons. The Kier molecular flexibility index (Phi) is 12.1. The molecule has 0 aromatic rings. The van der Waals surface area contributed by atoms with Crippen LogP contribution in [0.25, 0.3) is 0 Å². The standard InChI is InChI=1S/C16H32O3/c1-4-5-6-10-15(17)13-12-14(2)9-7-8-11-16(18)19-3/h14-15,17H,4-13H2,1-3H3. The first kappa shape index (κ1) is 18.4. The highest BCUT2D eigenvalue weighted by Crippen LogP contribution is 2.18. The summed E-state index contributed by atoms with van der Waals surface area (Å²) in [7, 11) is 1.44. The maximum atomic E-state index is 10.9. The van der Waals surface area contributed by atoms with Crippen LogP contribution in [0.2, 0.25) is 0 Å². The molecule has 0 aromatic carbocycles. The van der Waals surface area contributed by atoms with Gasteiger partial charge in [0.15, 0.2) is 0 Å². The average molecular weight is 272 g/mol. The van der Waals surface area contributed by atoms with Crippen LogP contribution in [0.1, 0.15) is 78.1 Å². The Hall–Kier alpha value is -0.570. The lowest BCUT2D eigenvalue weighted by atomic mass is 9.95. The normalized spacial score (nSPS) is 14.1. The zero-order valence-corrected chi connectivity index (χ0v) is 13.0. The zero-order valence-electron chi connectivity index (χ0n) is 13.0. The quantitative estimate of drug-likeness (QED) is 0.430. The Balaban J connectivity index is 3.42. The Morgan fingerprint density at radius 3 is 2.37 bits per heavy atom. The number of carbonyl (C=O) groups is 1. The van der Waals surface area contributed by atoms with Crippen molar-refractivity contribution in [2.45, 2.75) is 84.2 Å². The predicted octanol–water partition coefficient (Wildman–Crippen LogP) is 4.08. The van der Waals surface area contributed by atoms with Crippen LogP contribution >= 0.6 is 0 Å². The largest absolute Gasteiger partial charge is 0.469 e. The molecule has 2 atom stereocenters. The number of hydrogen-bond donors (Lipinski definition) is 1. The molecule has 3 heteroatoms. The van der Waals surface area contributed by atoms with Crippen LogP contribution in [-0.4, -0.2) is 24.3 Å². The van der Waals surface area contributed by atoms with Crippen molar-refractivity contribution < 1.29 is 14.6 Å². The SMILES string of the molecule is CCCCCC(O)CCC(C)CCCCC(=O)OC. The number of aliphatic hydroxyl groups is 1. The number of hydrogen-bond acceptors (Lipinski definition) is 3. The number of rotatable bonds is 12. The van der Waals surface area contributed by atoms with Gasteiger partial charge in [0.2, 0.25) is 0 Å². The smallest absolute Gasteiger partial charge is 0.305 e. The van der Waals surface area contributed by atoms with Gasteiger partial charge in [0, 0.05) is 6.42 Å². The molecule has 0 amide bonds. The van der Waals surface area contributed by atoms with E-state index in [-0.39, 0.29) is 12.1 Å². The highest BCUT2D eigenvalue weighted by atomic mass is 16.5. The third kappa shape index (κ3) is 12.2. The van der Waals surface area contributed by atoms with Gasteiger partial charge < -0.3 is 9.84 Å². The molecule has 0 rings (SSSR count). The maximum Gasteiger partial charge on any atom is 0.305 e. The van der Waals surface area contributed by atoms with E-state index in [1.165, 1.54) is 20.0 Å². The van der Waals surface area contributed by atoms with E-state index in [1.807, 2.05) is 0 Å². The van der Waals surface area contributed by atoms with Crippen LogP contribution in [0.5, 0.6) is 0 Å².